The number of halogens is 2. The normalized spacial score (nSPS) is 18.4. The lowest BCUT2D eigenvalue weighted by Crippen LogP contribution is -2.54. The molecule has 0 radical (unpaired) electrons. The van der Waals surface area contributed by atoms with E-state index in [2.05, 4.69) is 25.5 Å². The first-order valence-corrected chi connectivity index (χ1v) is 22.3. The molecule has 2 aromatic carbocycles. The van der Waals surface area contributed by atoms with Gasteiger partial charge < -0.3 is 30.5 Å². The number of nitrogens with zero attached hydrogens (tertiary/aromatic N) is 6. The number of carbonyl (C=O) groups excluding carboxylic acids is 6. The minimum absolute atomic E-state index is 0.0114. The molecular formula is C46H48Cl2N10O7. The molecule has 0 saturated carbocycles. The molecule has 6 heterocycles. The van der Waals surface area contributed by atoms with Crippen molar-refractivity contribution in [2.24, 2.45) is 5.92 Å². The van der Waals surface area contributed by atoms with Gasteiger partial charge in [0.15, 0.2) is 0 Å². The van der Waals surface area contributed by atoms with Gasteiger partial charge in [0.05, 0.1) is 26.9 Å². The highest BCUT2D eigenvalue weighted by Gasteiger charge is 2.45. The van der Waals surface area contributed by atoms with E-state index in [1.165, 1.54) is 18.5 Å². The van der Waals surface area contributed by atoms with Gasteiger partial charge in [-0.15, -0.1) is 0 Å². The number of fused-ring (bicyclic) bond motifs is 1. The Kier molecular flexibility index (Phi) is 13.3. The summed E-state index contributed by atoms with van der Waals surface area (Å²) in [5.74, 6) is -1.12. The van der Waals surface area contributed by atoms with Crippen molar-refractivity contribution in [2.75, 3.05) is 61.8 Å². The molecule has 3 saturated heterocycles. The highest BCUT2D eigenvalue weighted by molar-refractivity contribution is 6.35. The van der Waals surface area contributed by atoms with E-state index < -0.39 is 35.8 Å². The monoisotopic (exact) mass is 922 g/mol. The number of likely N-dealkylation sites (tertiary alicyclic amines) is 1. The fourth-order valence-corrected chi connectivity index (χ4v) is 9.52. The summed E-state index contributed by atoms with van der Waals surface area (Å²) in [5, 5.41) is 15.1. The molecule has 8 rings (SSSR count). The fraction of sp³-hybridized carbons (Fsp3) is 0.370. The number of rotatable bonds is 13. The summed E-state index contributed by atoms with van der Waals surface area (Å²) in [5.41, 5.74) is 9.38. The van der Waals surface area contributed by atoms with E-state index in [1.54, 1.807) is 41.4 Å². The van der Waals surface area contributed by atoms with Crippen LogP contribution in [0, 0.1) is 11.3 Å². The zero-order valence-corrected chi connectivity index (χ0v) is 37.2. The summed E-state index contributed by atoms with van der Waals surface area (Å²) in [7, 11) is 0. The second kappa shape index (κ2) is 19.3. The van der Waals surface area contributed by atoms with E-state index in [0.29, 0.717) is 109 Å². The highest BCUT2D eigenvalue weighted by atomic mass is 35.5. The molecule has 4 aliphatic heterocycles. The topological polar surface area (TPSA) is 224 Å². The van der Waals surface area contributed by atoms with Crippen LogP contribution in [0.25, 0.3) is 0 Å². The summed E-state index contributed by atoms with van der Waals surface area (Å²) in [6.07, 6.45) is 6.19. The third-order valence-electron chi connectivity index (χ3n) is 12.4. The molecule has 1 unspecified atom stereocenters. The Hall–Kier alpha value is -6.59. The van der Waals surface area contributed by atoms with Crippen LogP contribution < -0.4 is 26.0 Å². The third-order valence-corrected chi connectivity index (χ3v) is 13.0. The smallest absolute Gasteiger partial charge is 0.264 e. The molecule has 4 aliphatic rings. The van der Waals surface area contributed by atoms with Gasteiger partial charge in [-0.1, -0.05) is 29.3 Å². The van der Waals surface area contributed by atoms with E-state index in [9.17, 15) is 28.8 Å². The van der Waals surface area contributed by atoms with Crippen LogP contribution in [0.5, 0.6) is 5.75 Å². The molecular weight excluding hydrogens is 875 g/mol. The van der Waals surface area contributed by atoms with Crippen molar-refractivity contribution < 1.29 is 33.5 Å². The maximum Gasteiger partial charge on any atom is 0.264 e. The van der Waals surface area contributed by atoms with Crippen LogP contribution in [-0.2, 0) is 19.2 Å². The minimum atomic E-state index is -1.05. The highest BCUT2D eigenvalue weighted by Crippen LogP contribution is 2.35. The van der Waals surface area contributed by atoms with Crippen molar-refractivity contribution >= 4 is 81.5 Å². The zero-order valence-electron chi connectivity index (χ0n) is 35.6. The Bertz CT molecular complexity index is 2540. The number of nitrogens with two attached hydrogens (primary N) is 1. The summed E-state index contributed by atoms with van der Waals surface area (Å²) in [6.45, 7) is 5.46. The molecule has 6 amide bonds. The fourth-order valence-electron chi connectivity index (χ4n) is 8.85. The van der Waals surface area contributed by atoms with Crippen molar-refractivity contribution in [3.05, 3.63) is 105 Å². The maximum absolute atomic E-state index is 13.6. The van der Waals surface area contributed by atoms with Crippen LogP contribution >= 0.6 is 23.2 Å². The molecule has 2 atom stereocenters. The minimum Gasteiger partial charge on any atom is -0.486 e. The Morgan fingerprint density at radius 1 is 0.923 bits per heavy atom. The molecule has 19 heteroatoms. The van der Waals surface area contributed by atoms with Crippen LogP contribution in [0.3, 0.4) is 0 Å². The molecule has 5 N–H and O–H groups in total. The van der Waals surface area contributed by atoms with Crippen molar-refractivity contribution in [2.45, 2.75) is 57.6 Å². The lowest BCUT2D eigenvalue weighted by atomic mass is 9.94. The summed E-state index contributed by atoms with van der Waals surface area (Å²) in [6, 6.07) is 12.6. The number of nitrogen functional groups attached to an aromatic ring is 1. The van der Waals surface area contributed by atoms with E-state index in [1.807, 2.05) is 24.0 Å². The summed E-state index contributed by atoms with van der Waals surface area (Å²) < 4.78 is 6.14. The first-order chi connectivity index (χ1) is 31.3. The van der Waals surface area contributed by atoms with E-state index in [-0.39, 0.29) is 53.8 Å². The molecule has 4 aromatic rings. The van der Waals surface area contributed by atoms with Gasteiger partial charge >= 0.3 is 0 Å². The van der Waals surface area contributed by atoms with Gasteiger partial charge in [-0.2, -0.15) is 0 Å². The number of ether oxygens (including phenoxy) is 1. The number of nitrogens with one attached hydrogen (secondary N) is 3. The molecule has 0 bridgehead atoms. The largest absolute Gasteiger partial charge is 0.486 e. The second-order valence-electron chi connectivity index (χ2n) is 16.5. The van der Waals surface area contributed by atoms with Crippen molar-refractivity contribution in [1.29, 1.82) is 5.41 Å². The average molecular weight is 924 g/mol. The number of imide groups is 2. The molecule has 0 aliphatic carbocycles. The van der Waals surface area contributed by atoms with Gasteiger partial charge in [0.2, 0.25) is 23.6 Å². The van der Waals surface area contributed by atoms with Crippen molar-refractivity contribution in [1.82, 2.24) is 30.0 Å². The third kappa shape index (κ3) is 9.47. The Balaban J connectivity index is 0.765. The molecule has 65 heavy (non-hydrogen) atoms. The van der Waals surface area contributed by atoms with Gasteiger partial charge in [0.25, 0.3) is 11.8 Å². The Morgan fingerprint density at radius 2 is 1.66 bits per heavy atom. The number of amides is 6. The van der Waals surface area contributed by atoms with Crippen LogP contribution in [-0.4, -0.2) is 118 Å². The number of pyridine rings is 2. The number of anilines is 3. The molecule has 0 spiro atoms. The second-order valence-corrected chi connectivity index (χ2v) is 17.3. The first-order valence-electron chi connectivity index (χ1n) is 21.6. The molecule has 2 aromatic heterocycles. The number of hydrogen-bond donors (Lipinski definition) is 4. The molecule has 17 nitrogen and oxygen atoms in total. The number of piperazine rings is 1. The Morgan fingerprint density at radius 3 is 2.35 bits per heavy atom. The van der Waals surface area contributed by atoms with Crippen LogP contribution in [0.4, 0.5) is 17.2 Å². The number of hydrogen-bond acceptors (Lipinski definition) is 13. The average Bonchev–Trinajstić information content (AvgIpc) is 3.56. The summed E-state index contributed by atoms with van der Waals surface area (Å²) in [4.78, 5) is 92.8. The van der Waals surface area contributed by atoms with Crippen LogP contribution in [0.2, 0.25) is 10.0 Å². The van der Waals surface area contributed by atoms with Gasteiger partial charge in [-0.3, -0.25) is 49.4 Å². The van der Waals surface area contributed by atoms with Crippen LogP contribution in [0.15, 0.2) is 67.1 Å². The number of piperidine rings is 2. The zero-order chi connectivity index (χ0) is 45.9. The quantitative estimate of drug-likeness (QED) is 0.0595. The lowest BCUT2D eigenvalue weighted by molar-refractivity contribution is -0.141. The standard InChI is InChI=1S/C46H48Cl2N10O7/c1-26(40-32(47)24-51-25-33(40)48)65-29-8-9-34(49)31(22-29)42(50)28-7-11-37(53-23-28)55-18-20-57(21-19-55)44(62)27-13-16-56(17-14-27)39(60)6-3-15-52-35-5-2-4-30-41(35)46(64)58(45(30)63)36-10-12-38(59)54-43(36)61/h2,4-5,7-9,11,22-27,36,50,52H,3,6,10,12-21,49H2,1H3,(H,54,59,61)/t26-,36?/m1/s1. The Labute approximate surface area is 385 Å². The van der Waals surface area contributed by atoms with Gasteiger partial charge in [-0.05, 0) is 75.1 Å². The van der Waals surface area contributed by atoms with E-state index >= 15 is 0 Å². The number of aromatic nitrogens is 2. The van der Waals surface area contributed by atoms with Crippen molar-refractivity contribution in [3.8, 4) is 5.75 Å². The lowest BCUT2D eigenvalue weighted by Gasteiger charge is -2.39. The predicted octanol–water partition coefficient (Wildman–Crippen LogP) is 5.10. The van der Waals surface area contributed by atoms with Crippen molar-refractivity contribution in [3.63, 3.8) is 0 Å². The van der Waals surface area contributed by atoms with Gasteiger partial charge in [-0.25, -0.2) is 4.98 Å². The molecule has 338 valence electrons. The SMILES string of the molecule is C[C@@H](Oc1ccc(N)c(C(=N)c2ccc(N3CCN(C(=O)C4CCN(C(=O)CCCNc5cccc6c5C(=O)N(C5CCC(=O)NC5=O)C6=O)CC4)CC3)nc2)c1)c1c(Cl)cncc1Cl. The molecule has 3 fully saturated rings. The number of carbonyl (C=O) groups is 6. The first kappa shape index (κ1) is 45.0. The van der Waals surface area contributed by atoms with Crippen LogP contribution in [0.1, 0.15) is 89.0 Å². The summed E-state index contributed by atoms with van der Waals surface area (Å²) >= 11 is 12.7. The predicted molar refractivity (Wildman–Crippen MR) is 243 cm³/mol. The van der Waals surface area contributed by atoms with E-state index in [4.69, 9.17) is 39.1 Å². The maximum atomic E-state index is 13.6. The van der Waals surface area contributed by atoms with E-state index in [0.717, 1.165) is 10.7 Å². The van der Waals surface area contributed by atoms with Gasteiger partial charge in [0, 0.05) is 111 Å². The van der Waals surface area contributed by atoms with Gasteiger partial charge in [0.1, 0.15) is 23.7 Å². The number of benzene rings is 2.